The fourth-order valence-corrected chi connectivity index (χ4v) is 2.05. The van der Waals surface area contributed by atoms with Crippen LogP contribution in [0.2, 0.25) is 0 Å². The van der Waals surface area contributed by atoms with E-state index < -0.39 is 11.7 Å². The maximum Gasteiger partial charge on any atom is 0.416 e. The van der Waals surface area contributed by atoms with Crippen LogP contribution in [0.1, 0.15) is 11.4 Å². The van der Waals surface area contributed by atoms with E-state index in [4.69, 9.17) is 14.0 Å². The minimum absolute atomic E-state index is 0.0659. The molecule has 0 amide bonds. The first-order valence-corrected chi connectivity index (χ1v) is 7.23. The minimum Gasteiger partial charge on any atom is -0.497 e. The molecule has 0 aliphatic rings. The van der Waals surface area contributed by atoms with Gasteiger partial charge in [-0.25, -0.2) is 0 Å². The average Bonchev–Trinajstić information content (AvgIpc) is 3.09. The summed E-state index contributed by atoms with van der Waals surface area (Å²) in [6, 6.07) is 11.5. The van der Waals surface area contributed by atoms with E-state index in [1.165, 1.54) is 12.1 Å². The summed E-state index contributed by atoms with van der Waals surface area (Å²) in [7, 11) is 1.57. The highest BCUT2D eigenvalue weighted by molar-refractivity contribution is 5.53. The van der Waals surface area contributed by atoms with Gasteiger partial charge in [0.1, 0.15) is 11.5 Å². The van der Waals surface area contributed by atoms with Crippen LogP contribution in [0.3, 0.4) is 0 Å². The van der Waals surface area contributed by atoms with Crippen LogP contribution < -0.4 is 9.47 Å². The van der Waals surface area contributed by atoms with Crippen molar-refractivity contribution in [2.75, 3.05) is 7.11 Å². The highest BCUT2D eigenvalue weighted by Crippen LogP contribution is 2.30. The lowest BCUT2D eigenvalue weighted by molar-refractivity contribution is -0.137. The molecular formula is C17H13F3N2O3. The van der Waals surface area contributed by atoms with E-state index in [2.05, 4.69) is 10.1 Å². The molecular weight excluding hydrogens is 337 g/mol. The van der Waals surface area contributed by atoms with Crippen LogP contribution in [-0.2, 0) is 12.8 Å². The fourth-order valence-electron chi connectivity index (χ4n) is 2.05. The molecule has 0 N–H and O–H groups in total. The van der Waals surface area contributed by atoms with Crippen molar-refractivity contribution in [3.05, 3.63) is 59.9 Å². The van der Waals surface area contributed by atoms with Crippen molar-refractivity contribution in [2.45, 2.75) is 12.8 Å². The zero-order chi connectivity index (χ0) is 17.9. The van der Waals surface area contributed by atoms with E-state index in [0.29, 0.717) is 17.1 Å². The smallest absolute Gasteiger partial charge is 0.416 e. The third-order valence-corrected chi connectivity index (χ3v) is 3.35. The number of methoxy groups -OCH3 is 1. The van der Waals surface area contributed by atoms with Gasteiger partial charge >= 0.3 is 6.18 Å². The molecule has 0 bridgehead atoms. The number of nitrogens with zero attached hydrogens (tertiary/aromatic N) is 2. The van der Waals surface area contributed by atoms with Crippen molar-refractivity contribution >= 4 is 0 Å². The summed E-state index contributed by atoms with van der Waals surface area (Å²) in [6.45, 7) is 0.0659. The average molecular weight is 350 g/mol. The maximum absolute atomic E-state index is 12.6. The predicted octanol–water partition coefficient (Wildman–Crippen LogP) is 4.34. The first-order valence-electron chi connectivity index (χ1n) is 7.23. The second-order valence-electron chi connectivity index (χ2n) is 5.06. The molecule has 2 aromatic carbocycles. The van der Waals surface area contributed by atoms with Gasteiger partial charge in [-0.1, -0.05) is 5.16 Å². The van der Waals surface area contributed by atoms with Gasteiger partial charge in [0, 0.05) is 5.56 Å². The van der Waals surface area contributed by atoms with E-state index in [1.54, 1.807) is 31.4 Å². The molecule has 3 rings (SSSR count). The van der Waals surface area contributed by atoms with Crippen LogP contribution in [-0.4, -0.2) is 17.3 Å². The summed E-state index contributed by atoms with van der Waals surface area (Å²) in [4.78, 5) is 4.11. The molecule has 0 fully saturated rings. The molecule has 130 valence electrons. The van der Waals surface area contributed by atoms with Crippen molar-refractivity contribution in [2.24, 2.45) is 0 Å². The van der Waals surface area contributed by atoms with Gasteiger partial charge in [0.25, 0.3) is 5.89 Å². The number of rotatable bonds is 5. The standard InChI is InChI=1S/C17H13F3N2O3/c1-23-13-6-8-14(9-7-13)24-10-15-21-16(25-22-15)11-2-4-12(5-3-11)17(18,19)20/h2-9H,10H2,1H3. The van der Waals surface area contributed by atoms with Crippen molar-refractivity contribution in [3.8, 4) is 23.0 Å². The van der Waals surface area contributed by atoms with Crippen molar-refractivity contribution in [3.63, 3.8) is 0 Å². The van der Waals surface area contributed by atoms with Gasteiger partial charge in [-0.05, 0) is 48.5 Å². The summed E-state index contributed by atoms with van der Waals surface area (Å²) in [5.41, 5.74) is -0.338. The number of benzene rings is 2. The zero-order valence-electron chi connectivity index (χ0n) is 13.1. The van der Waals surface area contributed by atoms with Gasteiger partial charge in [-0.15, -0.1) is 0 Å². The monoisotopic (exact) mass is 350 g/mol. The molecule has 0 saturated carbocycles. The Kier molecular flexibility index (Phi) is 4.60. The molecule has 0 atom stereocenters. The third kappa shape index (κ3) is 4.09. The predicted molar refractivity (Wildman–Crippen MR) is 82.1 cm³/mol. The second kappa shape index (κ2) is 6.84. The van der Waals surface area contributed by atoms with Crippen LogP contribution in [0, 0.1) is 0 Å². The maximum atomic E-state index is 12.6. The van der Waals surface area contributed by atoms with E-state index in [9.17, 15) is 13.2 Å². The quantitative estimate of drug-likeness (QED) is 0.685. The molecule has 8 heteroatoms. The number of hydrogen-bond acceptors (Lipinski definition) is 5. The Bertz CT molecular complexity index is 828. The van der Waals surface area contributed by atoms with Crippen molar-refractivity contribution in [1.82, 2.24) is 10.1 Å². The van der Waals surface area contributed by atoms with Gasteiger partial charge in [-0.3, -0.25) is 0 Å². The topological polar surface area (TPSA) is 57.4 Å². The molecule has 3 aromatic rings. The first kappa shape index (κ1) is 16.8. The molecule has 0 saturated heterocycles. The molecule has 0 aliphatic heterocycles. The van der Waals surface area contributed by atoms with Gasteiger partial charge < -0.3 is 14.0 Å². The molecule has 1 aromatic heterocycles. The number of alkyl halides is 3. The van der Waals surface area contributed by atoms with Crippen LogP contribution in [0.5, 0.6) is 11.5 Å². The summed E-state index contributed by atoms with van der Waals surface area (Å²) >= 11 is 0. The first-order chi connectivity index (χ1) is 12.0. The Balaban J connectivity index is 1.65. The Morgan fingerprint density at radius 2 is 1.60 bits per heavy atom. The highest BCUT2D eigenvalue weighted by Gasteiger charge is 2.30. The van der Waals surface area contributed by atoms with Gasteiger partial charge in [0.2, 0.25) is 5.82 Å². The normalized spacial score (nSPS) is 11.4. The zero-order valence-corrected chi connectivity index (χ0v) is 13.1. The largest absolute Gasteiger partial charge is 0.497 e. The van der Waals surface area contributed by atoms with Gasteiger partial charge in [0.05, 0.1) is 12.7 Å². The fraction of sp³-hybridized carbons (Fsp3) is 0.176. The number of aromatic nitrogens is 2. The van der Waals surface area contributed by atoms with Gasteiger partial charge in [-0.2, -0.15) is 18.2 Å². The Morgan fingerprint density at radius 1 is 0.960 bits per heavy atom. The molecule has 0 spiro atoms. The summed E-state index contributed by atoms with van der Waals surface area (Å²) in [5.74, 6) is 1.71. The van der Waals surface area contributed by atoms with E-state index >= 15 is 0 Å². The Labute approximate surface area is 141 Å². The summed E-state index contributed by atoms with van der Waals surface area (Å²) in [6.07, 6.45) is -4.38. The van der Waals surface area contributed by atoms with Crippen LogP contribution in [0.15, 0.2) is 53.1 Å². The lowest BCUT2D eigenvalue weighted by atomic mass is 10.1. The third-order valence-electron chi connectivity index (χ3n) is 3.35. The highest BCUT2D eigenvalue weighted by atomic mass is 19.4. The number of hydrogen-bond donors (Lipinski definition) is 0. The lowest BCUT2D eigenvalue weighted by Gasteiger charge is -2.05. The van der Waals surface area contributed by atoms with Crippen molar-refractivity contribution in [1.29, 1.82) is 0 Å². The molecule has 1 heterocycles. The molecule has 0 radical (unpaired) electrons. The van der Waals surface area contributed by atoms with E-state index in [1.807, 2.05) is 0 Å². The Hall–Kier alpha value is -3.03. The number of ether oxygens (including phenoxy) is 2. The summed E-state index contributed by atoms with van der Waals surface area (Å²) < 4.78 is 53.3. The van der Waals surface area contributed by atoms with Gasteiger partial charge in [0.15, 0.2) is 6.61 Å². The van der Waals surface area contributed by atoms with E-state index in [-0.39, 0.29) is 18.3 Å². The minimum atomic E-state index is -4.38. The van der Waals surface area contributed by atoms with Crippen molar-refractivity contribution < 1.29 is 27.2 Å². The van der Waals surface area contributed by atoms with Crippen LogP contribution in [0.25, 0.3) is 11.5 Å². The second-order valence-corrected chi connectivity index (χ2v) is 5.06. The lowest BCUT2D eigenvalue weighted by Crippen LogP contribution is -2.04. The number of halogens is 3. The van der Waals surface area contributed by atoms with Crippen LogP contribution in [0.4, 0.5) is 13.2 Å². The Morgan fingerprint density at radius 3 is 2.20 bits per heavy atom. The van der Waals surface area contributed by atoms with Crippen LogP contribution >= 0.6 is 0 Å². The molecule has 5 nitrogen and oxygen atoms in total. The molecule has 0 aliphatic carbocycles. The summed E-state index contributed by atoms with van der Waals surface area (Å²) in [5, 5.41) is 3.75. The SMILES string of the molecule is COc1ccc(OCc2noc(-c3ccc(C(F)(F)F)cc3)n2)cc1. The van der Waals surface area contributed by atoms with E-state index in [0.717, 1.165) is 12.1 Å². The molecule has 25 heavy (non-hydrogen) atoms. The molecule has 0 unspecified atom stereocenters.